The van der Waals surface area contributed by atoms with Crippen molar-refractivity contribution in [2.75, 3.05) is 5.73 Å². The van der Waals surface area contributed by atoms with Crippen LogP contribution in [-0.2, 0) is 12.0 Å². The first-order chi connectivity index (χ1) is 15.1. The van der Waals surface area contributed by atoms with Crippen molar-refractivity contribution in [3.63, 3.8) is 0 Å². The zero-order chi connectivity index (χ0) is 21.4. The van der Waals surface area contributed by atoms with Crippen molar-refractivity contribution in [3.8, 4) is 28.8 Å². The topological polar surface area (TPSA) is 145 Å². The standard InChI is InChI=1S/C21H19N9O/c1-21(15-2-3-15,16-4-5-17(24-11-16)13-8-25-20(23)26-9-13)19-28-18(31-29-19)14-10-27-30(12-14)7-6-22/h4-5,8-12,15H,2-3,7H2,1H3,(H2,23,25,26). The minimum Gasteiger partial charge on any atom is -0.368 e. The third kappa shape index (κ3) is 3.40. The van der Waals surface area contributed by atoms with E-state index >= 15 is 0 Å². The van der Waals surface area contributed by atoms with Crippen molar-refractivity contribution in [3.05, 3.63) is 54.5 Å². The molecule has 154 valence electrons. The minimum atomic E-state index is -0.423. The van der Waals surface area contributed by atoms with Gasteiger partial charge in [-0.3, -0.25) is 9.67 Å². The van der Waals surface area contributed by atoms with E-state index in [1.165, 1.54) is 4.68 Å². The molecule has 0 aromatic carbocycles. The van der Waals surface area contributed by atoms with Crippen LogP contribution in [0, 0.1) is 17.2 Å². The molecular formula is C21H19N9O. The van der Waals surface area contributed by atoms with E-state index in [0.717, 1.165) is 29.7 Å². The fourth-order valence-electron chi connectivity index (χ4n) is 3.73. The van der Waals surface area contributed by atoms with Crippen molar-refractivity contribution in [1.29, 1.82) is 5.26 Å². The maximum atomic E-state index is 8.83. The van der Waals surface area contributed by atoms with Crippen LogP contribution in [0.15, 0.2) is 47.6 Å². The first-order valence-electron chi connectivity index (χ1n) is 9.86. The molecule has 31 heavy (non-hydrogen) atoms. The molecule has 1 aliphatic carbocycles. The molecule has 0 bridgehead atoms. The van der Waals surface area contributed by atoms with Gasteiger partial charge in [0.1, 0.15) is 6.54 Å². The summed E-state index contributed by atoms with van der Waals surface area (Å²) in [6, 6.07) is 6.04. The average molecular weight is 413 g/mol. The highest BCUT2D eigenvalue weighted by Gasteiger charge is 2.47. The Kier molecular flexibility index (Phi) is 4.43. The summed E-state index contributed by atoms with van der Waals surface area (Å²) in [7, 11) is 0. The Bertz CT molecular complexity index is 1250. The Morgan fingerprint density at radius 2 is 1.97 bits per heavy atom. The minimum absolute atomic E-state index is 0.165. The molecule has 0 saturated heterocycles. The van der Waals surface area contributed by atoms with Crippen LogP contribution in [-0.4, -0.2) is 34.9 Å². The van der Waals surface area contributed by atoms with Gasteiger partial charge in [0.15, 0.2) is 5.82 Å². The number of nitriles is 1. The summed E-state index contributed by atoms with van der Waals surface area (Å²) in [5.74, 6) is 1.64. The first kappa shape index (κ1) is 18.9. The summed E-state index contributed by atoms with van der Waals surface area (Å²) >= 11 is 0. The summed E-state index contributed by atoms with van der Waals surface area (Å²) in [5, 5.41) is 17.3. The summed E-state index contributed by atoms with van der Waals surface area (Å²) in [6.07, 6.45) is 10.7. The highest BCUT2D eigenvalue weighted by Crippen LogP contribution is 2.50. The molecule has 4 aromatic heterocycles. The molecule has 4 heterocycles. The van der Waals surface area contributed by atoms with Gasteiger partial charge < -0.3 is 10.3 Å². The van der Waals surface area contributed by atoms with Crippen molar-refractivity contribution in [1.82, 2.24) is 34.9 Å². The quantitative estimate of drug-likeness (QED) is 0.504. The number of nitrogen functional groups attached to an aromatic ring is 1. The monoisotopic (exact) mass is 413 g/mol. The maximum absolute atomic E-state index is 8.83. The normalized spacial score (nSPS) is 15.4. The number of rotatable bonds is 6. The predicted octanol–water partition coefficient (Wildman–Crippen LogP) is 2.61. The van der Waals surface area contributed by atoms with E-state index in [1.54, 1.807) is 24.8 Å². The molecule has 1 fully saturated rings. The molecule has 5 rings (SSSR count). The number of nitrogens with zero attached hydrogens (tertiary/aromatic N) is 8. The van der Waals surface area contributed by atoms with Crippen LogP contribution in [0.3, 0.4) is 0 Å². The zero-order valence-corrected chi connectivity index (χ0v) is 16.8. The molecular weight excluding hydrogens is 394 g/mol. The number of aromatic nitrogens is 7. The summed E-state index contributed by atoms with van der Waals surface area (Å²) in [5.41, 5.74) is 8.40. The van der Waals surface area contributed by atoms with Crippen molar-refractivity contribution in [2.24, 2.45) is 5.92 Å². The van der Waals surface area contributed by atoms with Crippen LogP contribution in [0.25, 0.3) is 22.7 Å². The van der Waals surface area contributed by atoms with Crippen molar-refractivity contribution < 1.29 is 4.52 Å². The highest BCUT2D eigenvalue weighted by molar-refractivity contribution is 5.58. The zero-order valence-electron chi connectivity index (χ0n) is 16.8. The predicted molar refractivity (Wildman–Crippen MR) is 110 cm³/mol. The molecule has 10 nitrogen and oxygen atoms in total. The number of hydrogen-bond acceptors (Lipinski definition) is 9. The van der Waals surface area contributed by atoms with E-state index in [9.17, 15) is 0 Å². The number of nitrogens with two attached hydrogens (primary N) is 1. The Balaban J connectivity index is 1.47. The molecule has 0 radical (unpaired) electrons. The van der Waals surface area contributed by atoms with Crippen LogP contribution in [0.2, 0.25) is 0 Å². The molecule has 0 spiro atoms. The molecule has 4 aromatic rings. The number of pyridine rings is 1. The maximum Gasteiger partial charge on any atom is 0.261 e. The fraction of sp³-hybridized carbons (Fsp3) is 0.286. The van der Waals surface area contributed by atoms with Gasteiger partial charge in [-0.15, -0.1) is 0 Å². The second-order valence-electron chi connectivity index (χ2n) is 7.75. The first-order valence-corrected chi connectivity index (χ1v) is 9.86. The summed E-state index contributed by atoms with van der Waals surface area (Å²) in [4.78, 5) is 17.4. The average Bonchev–Trinajstić information content (AvgIpc) is 3.35. The molecule has 10 heteroatoms. The Morgan fingerprint density at radius 3 is 2.65 bits per heavy atom. The van der Waals surface area contributed by atoms with Gasteiger partial charge in [0.25, 0.3) is 5.89 Å². The van der Waals surface area contributed by atoms with Crippen molar-refractivity contribution in [2.45, 2.75) is 31.7 Å². The Morgan fingerprint density at radius 1 is 1.16 bits per heavy atom. The third-order valence-corrected chi connectivity index (χ3v) is 5.73. The lowest BCUT2D eigenvalue weighted by Gasteiger charge is -2.26. The van der Waals surface area contributed by atoms with Gasteiger partial charge in [-0.2, -0.15) is 15.3 Å². The van der Waals surface area contributed by atoms with Gasteiger partial charge in [0, 0.05) is 30.4 Å². The van der Waals surface area contributed by atoms with E-state index in [-0.39, 0.29) is 12.5 Å². The van der Waals surface area contributed by atoms with E-state index < -0.39 is 5.41 Å². The van der Waals surface area contributed by atoms with Crippen molar-refractivity contribution >= 4 is 5.95 Å². The smallest absolute Gasteiger partial charge is 0.261 e. The molecule has 0 amide bonds. The van der Waals surface area contributed by atoms with Gasteiger partial charge in [0.05, 0.1) is 28.9 Å². The Labute approximate surface area is 177 Å². The van der Waals surface area contributed by atoms with Gasteiger partial charge in [-0.25, -0.2) is 9.97 Å². The number of anilines is 1. The molecule has 1 unspecified atom stereocenters. The lowest BCUT2D eigenvalue weighted by atomic mass is 9.77. The van der Waals surface area contributed by atoms with Gasteiger partial charge in [-0.05, 0) is 37.3 Å². The number of hydrogen-bond donors (Lipinski definition) is 1. The summed E-state index contributed by atoms with van der Waals surface area (Å²) in [6.45, 7) is 2.29. The van der Waals surface area contributed by atoms with E-state index in [4.69, 9.17) is 15.5 Å². The van der Waals surface area contributed by atoms with E-state index in [1.807, 2.05) is 18.3 Å². The van der Waals surface area contributed by atoms with Crippen LogP contribution < -0.4 is 5.73 Å². The molecule has 1 saturated carbocycles. The van der Waals surface area contributed by atoms with E-state index in [0.29, 0.717) is 23.2 Å². The third-order valence-electron chi connectivity index (χ3n) is 5.73. The van der Waals surface area contributed by atoms with E-state index in [2.05, 4.69) is 43.2 Å². The molecule has 1 aliphatic rings. The van der Waals surface area contributed by atoms with Gasteiger partial charge in [0.2, 0.25) is 5.95 Å². The fourth-order valence-corrected chi connectivity index (χ4v) is 3.73. The highest BCUT2D eigenvalue weighted by atomic mass is 16.5. The lowest BCUT2D eigenvalue weighted by Crippen LogP contribution is -2.28. The van der Waals surface area contributed by atoms with Gasteiger partial charge >= 0.3 is 0 Å². The van der Waals surface area contributed by atoms with Crippen LogP contribution in [0.1, 0.15) is 31.2 Å². The largest absolute Gasteiger partial charge is 0.368 e. The molecule has 1 atom stereocenters. The SMILES string of the molecule is CC(c1ccc(-c2cnc(N)nc2)nc1)(c1noc(-c2cnn(CC#N)c2)n1)C1CC1. The second-order valence-corrected chi connectivity index (χ2v) is 7.75. The Hall–Kier alpha value is -4.13. The van der Waals surface area contributed by atoms with Crippen LogP contribution >= 0.6 is 0 Å². The lowest BCUT2D eigenvalue weighted by molar-refractivity contribution is 0.386. The molecule has 0 aliphatic heterocycles. The second kappa shape index (κ2) is 7.28. The van der Waals surface area contributed by atoms with Crippen LogP contribution in [0.4, 0.5) is 5.95 Å². The van der Waals surface area contributed by atoms with Crippen LogP contribution in [0.5, 0.6) is 0 Å². The van der Waals surface area contributed by atoms with Gasteiger partial charge in [-0.1, -0.05) is 11.2 Å². The summed E-state index contributed by atoms with van der Waals surface area (Å²) < 4.78 is 7.08. The molecule has 2 N–H and O–H groups in total.